The molecule has 2 aromatic rings. The zero-order valence-electron chi connectivity index (χ0n) is 14.1. The summed E-state index contributed by atoms with van der Waals surface area (Å²) < 4.78 is 20.0. The lowest BCUT2D eigenvalue weighted by Crippen LogP contribution is -2.47. The smallest absolute Gasteiger partial charge is 0.144 e. The number of aliphatic hydroxyl groups excluding tert-OH is 1. The van der Waals surface area contributed by atoms with Crippen molar-refractivity contribution in [2.45, 2.75) is 37.8 Å². The molecule has 2 aromatic carbocycles. The van der Waals surface area contributed by atoms with E-state index in [2.05, 4.69) is 6.92 Å². The maximum atomic E-state index is 14.2. The first kappa shape index (κ1) is 16.7. The second-order valence-corrected chi connectivity index (χ2v) is 7.22. The number of benzene rings is 2. The number of unbranched alkanes of at least 4 members (excludes halogenated alkanes) is 2. The molecule has 0 aliphatic carbocycles. The molecule has 1 N–H and O–H groups in total. The number of ether oxygens (including phenoxy) is 1. The van der Waals surface area contributed by atoms with E-state index in [-0.39, 0.29) is 11.6 Å². The molecule has 0 saturated carbocycles. The van der Waals surface area contributed by atoms with Gasteiger partial charge in [-0.25, -0.2) is 4.39 Å². The molecule has 0 radical (unpaired) electrons. The van der Waals surface area contributed by atoms with Crippen molar-refractivity contribution >= 4 is 17.3 Å². The highest BCUT2D eigenvalue weighted by molar-refractivity contribution is 6.30. The van der Waals surface area contributed by atoms with Gasteiger partial charge < -0.3 is 14.7 Å². The number of fused-ring (bicyclic) bond motifs is 4. The number of halogens is 2. The molecule has 2 unspecified atom stereocenters. The Hall–Kier alpha value is -1.78. The summed E-state index contributed by atoms with van der Waals surface area (Å²) in [5.41, 5.74) is 1.88. The summed E-state index contributed by atoms with van der Waals surface area (Å²) in [6, 6.07) is 10.9. The molecule has 5 heteroatoms. The Balaban J connectivity index is 1.83. The number of aliphatic hydroxyl groups is 1. The van der Waals surface area contributed by atoms with Crippen LogP contribution in [-0.4, -0.2) is 24.5 Å². The molecule has 25 heavy (non-hydrogen) atoms. The number of hydrogen-bond donors (Lipinski definition) is 1. The van der Waals surface area contributed by atoms with Crippen molar-refractivity contribution in [3.8, 4) is 5.75 Å². The number of hydrogen-bond acceptors (Lipinski definition) is 3. The van der Waals surface area contributed by atoms with Gasteiger partial charge in [0.05, 0.1) is 5.02 Å². The molecule has 0 aromatic heterocycles. The third-order valence-corrected chi connectivity index (χ3v) is 5.68. The van der Waals surface area contributed by atoms with Gasteiger partial charge in [-0.1, -0.05) is 49.6 Å². The quantitative estimate of drug-likeness (QED) is 0.814. The first-order valence-electron chi connectivity index (χ1n) is 8.76. The summed E-state index contributed by atoms with van der Waals surface area (Å²) >= 11 is 5.91. The molecule has 3 nitrogen and oxygen atoms in total. The zero-order chi connectivity index (χ0) is 17.6. The summed E-state index contributed by atoms with van der Waals surface area (Å²) in [5, 5.41) is 11.3. The molecule has 4 rings (SSSR count). The molecular weight excluding hydrogens is 341 g/mol. The highest BCUT2D eigenvalue weighted by atomic mass is 35.5. The van der Waals surface area contributed by atoms with E-state index < -0.39 is 17.5 Å². The Morgan fingerprint density at radius 1 is 1.28 bits per heavy atom. The second kappa shape index (κ2) is 6.19. The van der Waals surface area contributed by atoms with Gasteiger partial charge in [-0.15, -0.1) is 0 Å². The van der Waals surface area contributed by atoms with Crippen LogP contribution in [0.25, 0.3) is 0 Å². The van der Waals surface area contributed by atoms with E-state index in [1.54, 1.807) is 0 Å². The summed E-state index contributed by atoms with van der Waals surface area (Å²) in [6.45, 7) is 3.20. The van der Waals surface area contributed by atoms with Gasteiger partial charge in [-0.3, -0.25) is 0 Å². The van der Waals surface area contributed by atoms with Crippen molar-refractivity contribution in [2.24, 2.45) is 0 Å². The number of anilines is 1. The van der Waals surface area contributed by atoms with Gasteiger partial charge in [0.25, 0.3) is 0 Å². The van der Waals surface area contributed by atoms with Gasteiger partial charge in [-0.05, 0) is 24.1 Å². The van der Waals surface area contributed by atoms with Crippen molar-refractivity contribution in [3.63, 3.8) is 0 Å². The number of para-hydroxylation sites is 1. The van der Waals surface area contributed by atoms with Gasteiger partial charge in [0.1, 0.15) is 29.8 Å². The average Bonchev–Trinajstić information content (AvgIpc) is 3.08. The highest BCUT2D eigenvalue weighted by Gasteiger charge is 2.56. The van der Waals surface area contributed by atoms with E-state index in [4.69, 9.17) is 16.3 Å². The maximum Gasteiger partial charge on any atom is 0.144 e. The standard InChI is InChI=1S/C20H21ClFNO2/c1-2-3-6-9-23-17-8-5-4-7-13(17)20(19(23)24)12-25-18-11-15(21)16(22)10-14(18)20/h4-5,7-8,10-11,19,24H,2-3,6,9,12H2,1H3. The third kappa shape index (κ3) is 2.35. The minimum Gasteiger partial charge on any atom is -0.492 e. The molecule has 2 aliphatic heterocycles. The SMILES string of the molecule is CCCCCN1c2ccccc2C2(COc3cc(Cl)c(F)cc32)C1O. The lowest BCUT2D eigenvalue weighted by molar-refractivity contribution is 0.0950. The summed E-state index contributed by atoms with van der Waals surface area (Å²) in [6.07, 6.45) is 2.44. The van der Waals surface area contributed by atoms with Gasteiger partial charge >= 0.3 is 0 Å². The van der Waals surface area contributed by atoms with Crippen molar-refractivity contribution in [3.05, 3.63) is 58.4 Å². The van der Waals surface area contributed by atoms with E-state index in [1.807, 2.05) is 29.2 Å². The van der Waals surface area contributed by atoms with Crippen LogP contribution in [0.15, 0.2) is 36.4 Å². The van der Waals surface area contributed by atoms with E-state index in [0.29, 0.717) is 11.3 Å². The second-order valence-electron chi connectivity index (χ2n) is 6.81. The maximum absolute atomic E-state index is 14.2. The van der Waals surface area contributed by atoms with E-state index >= 15 is 0 Å². The Labute approximate surface area is 152 Å². The first-order chi connectivity index (χ1) is 12.1. The summed E-state index contributed by atoms with van der Waals surface area (Å²) in [7, 11) is 0. The first-order valence-corrected chi connectivity index (χ1v) is 9.14. The Morgan fingerprint density at radius 3 is 2.88 bits per heavy atom. The topological polar surface area (TPSA) is 32.7 Å². The van der Waals surface area contributed by atoms with Gasteiger partial charge in [0.2, 0.25) is 0 Å². The van der Waals surface area contributed by atoms with Crippen molar-refractivity contribution in [2.75, 3.05) is 18.1 Å². The fourth-order valence-corrected chi connectivity index (χ4v) is 4.27. The van der Waals surface area contributed by atoms with Crippen molar-refractivity contribution in [1.82, 2.24) is 0 Å². The Kier molecular flexibility index (Phi) is 4.13. The highest BCUT2D eigenvalue weighted by Crippen LogP contribution is 2.54. The largest absolute Gasteiger partial charge is 0.492 e. The molecule has 2 atom stereocenters. The van der Waals surface area contributed by atoms with Gasteiger partial charge in [0.15, 0.2) is 0 Å². The van der Waals surface area contributed by atoms with E-state index in [0.717, 1.165) is 37.1 Å². The normalized spacial score (nSPS) is 23.7. The van der Waals surface area contributed by atoms with E-state index in [9.17, 15) is 9.50 Å². The molecule has 0 fully saturated rings. The Morgan fingerprint density at radius 2 is 2.08 bits per heavy atom. The van der Waals surface area contributed by atoms with Gasteiger partial charge in [0, 0.05) is 23.9 Å². The predicted molar refractivity (Wildman–Crippen MR) is 97.0 cm³/mol. The van der Waals surface area contributed by atoms with Crippen molar-refractivity contribution in [1.29, 1.82) is 0 Å². The Bertz CT molecular complexity index is 812. The monoisotopic (exact) mass is 361 g/mol. The van der Waals surface area contributed by atoms with Crippen LogP contribution in [0.1, 0.15) is 37.3 Å². The molecule has 132 valence electrons. The molecule has 2 aliphatic rings. The van der Waals surface area contributed by atoms with Crippen LogP contribution in [0.5, 0.6) is 5.75 Å². The molecule has 0 amide bonds. The van der Waals surface area contributed by atoms with Crippen molar-refractivity contribution < 1.29 is 14.2 Å². The minimum absolute atomic E-state index is 0.0383. The number of rotatable bonds is 4. The van der Waals surface area contributed by atoms with Crippen LogP contribution >= 0.6 is 11.6 Å². The summed E-state index contributed by atoms with van der Waals surface area (Å²) in [4.78, 5) is 2.02. The lowest BCUT2D eigenvalue weighted by atomic mass is 9.76. The number of nitrogens with zero attached hydrogens (tertiary/aromatic N) is 1. The predicted octanol–water partition coefficient (Wildman–Crippen LogP) is 4.49. The summed E-state index contributed by atoms with van der Waals surface area (Å²) in [5.74, 6) is 0.0649. The molecule has 2 heterocycles. The zero-order valence-corrected chi connectivity index (χ0v) is 14.9. The van der Waals surface area contributed by atoms with Crippen LogP contribution in [-0.2, 0) is 5.41 Å². The van der Waals surface area contributed by atoms with Crippen LogP contribution in [0, 0.1) is 5.82 Å². The average molecular weight is 362 g/mol. The molecule has 1 spiro atoms. The lowest BCUT2D eigenvalue weighted by Gasteiger charge is -2.32. The molecular formula is C20H21ClFNO2. The fourth-order valence-electron chi connectivity index (χ4n) is 4.12. The minimum atomic E-state index is -0.788. The van der Waals surface area contributed by atoms with Crippen LogP contribution in [0.2, 0.25) is 5.02 Å². The molecule has 0 saturated heterocycles. The van der Waals surface area contributed by atoms with E-state index in [1.165, 1.54) is 12.1 Å². The molecule has 0 bridgehead atoms. The van der Waals surface area contributed by atoms with Crippen LogP contribution < -0.4 is 9.64 Å². The fraction of sp³-hybridized carbons (Fsp3) is 0.400. The van der Waals surface area contributed by atoms with Crippen LogP contribution in [0.4, 0.5) is 10.1 Å². The van der Waals surface area contributed by atoms with Gasteiger partial charge in [-0.2, -0.15) is 0 Å². The third-order valence-electron chi connectivity index (χ3n) is 5.39. The van der Waals surface area contributed by atoms with Crippen LogP contribution in [0.3, 0.4) is 0 Å².